The van der Waals surface area contributed by atoms with Gasteiger partial charge < -0.3 is 15.1 Å². The molecule has 3 fully saturated rings. The predicted octanol–water partition coefficient (Wildman–Crippen LogP) is 5.47. The van der Waals surface area contributed by atoms with Gasteiger partial charge in [-0.1, -0.05) is 48.5 Å². The third kappa shape index (κ3) is 4.35. The van der Waals surface area contributed by atoms with Gasteiger partial charge in [-0.15, -0.1) is 11.8 Å². The number of urea groups is 1. The maximum atomic E-state index is 13.2. The highest BCUT2D eigenvalue weighted by atomic mass is 35.5. The number of anilines is 1. The third-order valence-corrected chi connectivity index (χ3v) is 8.61. The molecule has 0 aromatic heterocycles. The van der Waals surface area contributed by atoms with Crippen molar-refractivity contribution < 1.29 is 9.59 Å². The zero-order valence-corrected chi connectivity index (χ0v) is 18.8. The molecule has 2 aliphatic heterocycles. The fourth-order valence-electron chi connectivity index (χ4n) is 4.77. The molecule has 3 amide bonds. The molecule has 1 aromatic rings. The lowest BCUT2D eigenvalue weighted by Gasteiger charge is -2.45. The van der Waals surface area contributed by atoms with E-state index in [1.807, 2.05) is 11.8 Å². The van der Waals surface area contributed by atoms with E-state index in [1.165, 1.54) is 19.3 Å². The van der Waals surface area contributed by atoms with Gasteiger partial charge in [0.1, 0.15) is 0 Å². The molecular formula is C21H27Cl2N3O2S. The molecule has 8 heteroatoms. The van der Waals surface area contributed by atoms with E-state index in [-0.39, 0.29) is 16.8 Å². The lowest BCUT2D eigenvalue weighted by atomic mass is 9.87. The van der Waals surface area contributed by atoms with Gasteiger partial charge in [-0.25, -0.2) is 4.79 Å². The molecule has 0 atom stereocenters. The van der Waals surface area contributed by atoms with Gasteiger partial charge >= 0.3 is 6.03 Å². The number of hydrogen-bond donors (Lipinski definition) is 1. The molecule has 29 heavy (non-hydrogen) atoms. The van der Waals surface area contributed by atoms with Crippen LogP contribution in [0.5, 0.6) is 0 Å². The number of thioether (sulfide) groups is 1. The number of piperidine rings is 1. The van der Waals surface area contributed by atoms with Crippen molar-refractivity contribution in [2.75, 3.05) is 30.7 Å². The van der Waals surface area contributed by atoms with E-state index in [4.69, 9.17) is 23.2 Å². The summed E-state index contributed by atoms with van der Waals surface area (Å²) < 4.78 is 0. The number of likely N-dealkylation sites (tertiary alicyclic amines) is 1. The molecule has 2 heterocycles. The molecule has 1 spiro atoms. The Hall–Kier alpha value is -1.11. The summed E-state index contributed by atoms with van der Waals surface area (Å²) in [7, 11) is 0. The summed E-state index contributed by atoms with van der Waals surface area (Å²) in [6.45, 7) is 2.08. The van der Waals surface area contributed by atoms with Crippen LogP contribution < -0.4 is 5.32 Å². The molecule has 1 saturated carbocycles. The molecular weight excluding hydrogens is 429 g/mol. The Balaban J connectivity index is 1.39. The van der Waals surface area contributed by atoms with Crippen LogP contribution in [0.4, 0.5) is 10.5 Å². The number of benzene rings is 1. The van der Waals surface area contributed by atoms with Crippen molar-refractivity contribution in [2.45, 2.75) is 49.8 Å². The van der Waals surface area contributed by atoms with E-state index in [9.17, 15) is 9.59 Å². The van der Waals surface area contributed by atoms with E-state index >= 15 is 0 Å². The van der Waals surface area contributed by atoms with Gasteiger partial charge in [0.15, 0.2) is 0 Å². The largest absolute Gasteiger partial charge is 0.327 e. The van der Waals surface area contributed by atoms with Crippen LogP contribution in [0, 0.1) is 5.92 Å². The highest BCUT2D eigenvalue weighted by Gasteiger charge is 2.48. The summed E-state index contributed by atoms with van der Waals surface area (Å²) in [5, 5.41) is 3.70. The van der Waals surface area contributed by atoms with Crippen LogP contribution in [0.25, 0.3) is 0 Å². The Kier molecular flexibility index (Phi) is 6.52. The smallest absolute Gasteiger partial charge is 0.321 e. The lowest BCUT2D eigenvalue weighted by Crippen LogP contribution is -2.55. The van der Waals surface area contributed by atoms with Gasteiger partial charge in [0.25, 0.3) is 0 Å². The van der Waals surface area contributed by atoms with Crippen molar-refractivity contribution in [3.63, 3.8) is 0 Å². The number of nitrogens with one attached hydrogen (secondary N) is 1. The molecule has 3 aliphatic rings. The molecule has 0 unspecified atom stereocenters. The fourth-order valence-corrected chi connectivity index (χ4v) is 6.72. The number of rotatable bonds is 2. The van der Waals surface area contributed by atoms with Crippen LogP contribution in [-0.4, -0.2) is 52.0 Å². The normalized spacial score (nSPS) is 22.1. The number of carbonyl (C=O) groups excluding carboxylic acids is 2. The van der Waals surface area contributed by atoms with Gasteiger partial charge in [-0.2, -0.15) is 0 Å². The molecule has 1 N–H and O–H groups in total. The molecule has 1 aromatic carbocycles. The Morgan fingerprint density at radius 2 is 1.69 bits per heavy atom. The van der Waals surface area contributed by atoms with Crippen molar-refractivity contribution in [1.29, 1.82) is 0 Å². The molecule has 1 aliphatic carbocycles. The van der Waals surface area contributed by atoms with Gasteiger partial charge in [-0.05, 0) is 37.8 Å². The minimum absolute atomic E-state index is 0.145. The van der Waals surface area contributed by atoms with Gasteiger partial charge in [0.2, 0.25) is 5.91 Å². The van der Waals surface area contributed by atoms with Crippen molar-refractivity contribution in [3.05, 3.63) is 28.2 Å². The predicted molar refractivity (Wildman–Crippen MR) is 120 cm³/mol. The summed E-state index contributed by atoms with van der Waals surface area (Å²) in [5.41, 5.74) is 0.450. The van der Waals surface area contributed by atoms with E-state index in [0.29, 0.717) is 34.7 Å². The van der Waals surface area contributed by atoms with Gasteiger partial charge in [-0.3, -0.25) is 4.79 Å². The van der Waals surface area contributed by atoms with E-state index in [1.54, 1.807) is 23.1 Å². The maximum absolute atomic E-state index is 13.2. The van der Waals surface area contributed by atoms with Gasteiger partial charge in [0, 0.05) is 31.3 Å². The van der Waals surface area contributed by atoms with Crippen LogP contribution in [0.15, 0.2) is 18.2 Å². The average Bonchev–Trinajstić information content (AvgIpc) is 3.14. The lowest BCUT2D eigenvalue weighted by molar-refractivity contribution is -0.140. The Morgan fingerprint density at radius 3 is 2.34 bits per heavy atom. The van der Waals surface area contributed by atoms with E-state index in [2.05, 4.69) is 10.2 Å². The first-order valence-electron chi connectivity index (χ1n) is 10.5. The first kappa shape index (κ1) is 21.1. The number of nitrogens with zero attached hydrogens (tertiary/aromatic N) is 2. The molecule has 158 valence electrons. The summed E-state index contributed by atoms with van der Waals surface area (Å²) in [5.74, 6) is 1.53. The summed E-state index contributed by atoms with van der Waals surface area (Å²) >= 11 is 14.2. The Morgan fingerprint density at radius 1 is 1.03 bits per heavy atom. The topological polar surface area (TPSA) is 52.7 Å². The van der Waals surface area contributed by atoms with E-state index in [0.717, 1.165) is 38.0 Å². The number of amides is 3. The maximum Gasteiger partial charge on any atom is 0.321 e. The fraction of sp³-hybridized carbons (Fsp3) is 0.619. The zero-order valence-electron chi connectivity index (χ0n) is 16.5. The number of hydrogen-bond acceptors (Lipinski definition) is 3. The molecule has 2 saturated heterocycles. The number of carbonyl (C=O) groups is 2. The summed E-state index contributed by atoms with van der Waals surface area (Å²) in [6, 6.07) is 4.97. The van der Waals surface area contributed by atoms with Crippen molar-refractivity contribution >= 4 is 52.6 Å². The monoisotopic (exact) mass is 455 g/mol. The number of para-hydroxylation sites is 1. The second-order valence-corrected chi connectivity index (χ2v) is 10.4. The van der Waals surface area contributed by atoms with Crippen LogP contribution >= 0.6 is 35.0 Å². The van der Waals surface area contributed by atoms with Crippen LogP contribution in [0.3, 0.4) is 0 Å². The first-order chi connectivity index (χ1) is 14.0. The zero-order chi connectivity index (χ0) is 20.4. The Labute approximate surface area is 186 Å². The molecule has 5 nitrogen and oxygen atoms in total. The SMILES string of the molecule is O=C(Nc1c(Cl)cccc1Cl)N1CCC2(CC1)SCCN2C(=O)C1CCCCC1. The minimum atomic E-state index is -0.192. The number of halogens is 2. The molecule has 0 radical (unpaired) electrons. The van der Waals surface area contributed by atoms with Crippen LogP contribution in [0.1, 0.15) is 44.9 Å². The molecule has 0 bridgehead atoms. The third-order valence-electron chi connectivity index (χ3n) is 6.42. The summed E-state index contributed by atoms with van der Waals surface area (Å²) in [4.78, 5) is 29.7. The Bertz CT molecular complexity index is 757. The van der Waals surface area contributed by atoms with Crippen LogP contribution in [-0.2, 0) is 4.79 Å². The highest BCUT2D eigenvalue weighted by Crippen LogP contribution is 2.45. The van der Waals surface area contributed by atoms with Crippen molar-refractivity contribution in [1.82, 2.24) is 9.80 Å². The van der Waals surface area contributed by atoms with Crippen molar-refractivity contribution in [3.8, 4) is 0 Å². The summed E-state index contributed by atoms with van der Waals surface area (Å²) in [6.07, 6.45) is 7.26. The quantitative estimate of drug-likeness (QED) is 0.642. The van der Waals surface area contributed by atoms with Crippen molar-refractivity contribution in [2.24, 2.45) is 5.92 Å². The van der Waals surface area contributed by atoms with Gasteiger partial charge in [0.05, 0.1) is 20.6 Å². The second kappa shape index (κ2) is 8.94. The highest BCUT2D eigenvalue weighted by molar-refractivity contribution is 8.00. The average molecular weight is 456 g/mol. The van der Waals surface area contributed by atoms with Crippen LogP contribution in [0.2, 0.25) is 10.0 Å². The standard InChI is InChI=1S/C21H27Cl2N3O2S/c22-16-7-4-8-17(23)18(16)24-20(28)25-11-9-21(10-12-25)26(13-14-29-21)19(27)15-5-2-1-3-6-15/h4,7-8,15H,1-3,5-6,9-14H2,(H,24,28). The van der Waals surface area contributed by atoms with E-state index < -0.39 is 0 Å². The molecule has 4 rings (SSSR count). The second-order valence-electron chi connectivity index (χ2n) is 8.13. The minimum Gasteiger partial charge on any atom is -0.327 e. The first-order valence-corrected chi connectivity index (χ1v) is 12.2.